The molecule has 0 amide bonds. The van der Waals surface area contributed by atoms with Crippen LogP contribution in [0.3, 0.4) is 0 Å². The molecule has 1 saturated heterocycles. The van der Waals surface area contributed by atoms with Gasteiger partial charge >= 0.3 is 0 Å². The number of aliphatic hydroxyl groups excluding tert-OH is 1. The second-order valence-electron chi connectivity index (χ2n) is 4.01. The molecule has 0 saturated carbocycles. The van der Waals surface area contributed by atoms with Crippen LogP contribution in [0.4, 0.5) is 0 Å². The Morgan fingerprint density at radius 3 is 2.62 bits per heavy atom. The molecule has 4 heteroatoms. The second kappa shape index (κ2) is 5.37. The maximum atomic E-state index is 9.34. The minimum absolute atomic E-state index is 0.0890. The van der Waals surface area contributed by atoms with Crippen molar-refractivity contribution in [2.75, 3.05) is 13.2 Å². The van der Waals surface area contributed by atoms with Crippen LogP contribution >= 0.6 is 23.2 Å². The fraction of sp³-hybridized carbons (Fsp3) is 0.500. The van der Waals surface area contributed by atoms with Gasteiger partial charge in [0, 0.05) is 34.7 Å². The van der Waals surface area contributed by atoms with Gasteiger partial charge in [-0.1, -0.05) is 29.3 Å². The summed E-state index contributed by atoms with van der Waals surface area (Å²) >= 11 is 12.3. The van der Waals surface area contributed by atoms with Crippen LogP contribution in [0, 0.1) is 5.92 Å². The Morgan fingerprint density at radius 1 is 1.31 bits per heavy atom. The summed E-state index contributed by atoms with van der Waals surface area (Å²) in [7, 11) is 0. The molecule has 2 rings (SSSR count). The molecule has 1 aromatic carbocycles. The lowest BCUT2D eigenvalue weighted by Gasteiger charge is -2.31. The van der Waals surface area contributed by atoms with Gasteiger partial charge in [0.05, 0.1) is 6.10 Å². The van der Waals surface area contributed by atoms with Gasteiger partial charge in [-0.25, -0.2) is 0 Å². The summed E-state index contributed by atoms with van der Waals surface area (Å²) < 4.78 is 5.70. The van der Waals surface area contributed by atoms with E-state index in [1.165, 1.54) is 0 Å². The van der Waals surface area contributed by atoms with E-state index in [4.69, 9.17) is 27.9 Å². The molecule has 1 N–H and O–H groups in total. The molecule has 2 unspecified atom stereocenters. The molecule has 1 aliphatic rings. The Labute approximate surface area is 105 Å². The maximum Gasteiger partial charge on any atom is 0.0903 e. The lowest BCUT2D eigenvalue weighted by molar-refractivity contribution is -0.0455. The van der Waals surface area contributed by atoms with Gasteiger partial charge < -0.3 is 9.84 Å². The molecule has 0 radical (unpaired) electrons. The summed E-state index contributed by atoms with van der Waals surface area (Å²) in [5.41, 5.74) is 0.810. The van der Waals surface area contributed by atoms with Crippen molar-refractivity contribution >= 4 is 23.2 Å². The zero-order valence-electron chi connectivity index (χ0n) is 8.83. The van der Waals surface area contributed by atoms with E-state index in [1.807, 2.05) is 6.07 Å². The van der Waals surface area contributed by atoms with Gasteiger partial charge in [-0.05, 0) is 25.0 Å². The molecular formula is C12H14Cl2O2. The fourth-order valence-electron chi connectivity index (χ4n) is 2.13. The van der Waals surface area contributed by atoms with Crippen LogP contribution in [-0.2, 0) is 4.74 Å². The van der Waals surface area contributed by atoms with E-state index < -0.39 is 0 Å². The first kappa shape index (κ1) is 12.2. The number of hydrogen-bond acceptors (Lipinski definition) is 2. The number of rotatable bonds is 2. The summed E-state index contributed by atoms with van der Waals surface area (Å²) in [6.45, 7) is 0.801. The minimum atomic E-state index is -0.181. The molecule has 0 bridgehead atoms. The lowest BCUT2D eigenvalue weighted by atomic mass is 9.90. The third-order valence-corrected chi connectivity index (χ3v) is 3.62. The largest absolute Gasteiger partial charge is 0.396 e. The van der Waals surface area contributed by atoms with Gasteiger partial charge in [-0.2, -0.15) is 0 Å². The lowest BCUT2D eigenvalue weighted by Crippen LogP contribution is -2.25. The molecule has 1 fully saturated rings. The quantitative estimate of drug-likeness (QED) is 0.883. The number of hydrogen-bond donors (Lipinski definition) is 1. The third kappa shape index (κ3) is 2.35. The summed E-state index contributed by atoms with van der Waals surface area (Å²) in [5.74, 6) is 0.0890. The van der Waals surface area contributed by atoms with Gasteiger partial charge in [-0.15, -0.1) is 0 Å². The Hall–Kier alpha value is -0.280. The maximum absolute atomic E-state index is 9.34. The molecule has 1 aromatic rings. The molecule has 2 atom stereocenters. The molecule has 0 aliphatic carbocycles. The third-order valence-electron chi connectivity index (χ3n) is 2.96. The van der Waals surface area contributed by atoms with E-state index in [0.29, 0.717) is 16.7 Å². The topological polar surface area (TPSA) is 29.5 Å². The Bertz CT molecular complexity index is 348. The van der Waals surface area contributed by atoms with Crippen molar-refractivity contribution in [2.45, 2.75) is 18.9 Å². The highest BCUT2D eigenvalue weighted by Gasteiger charge is 2.29. The van der Waals surface area contributed by atoms with Crippen molar-refractivity contribution in [1.29, 1.82) is 0 Å². The number of benzene rings is 1. The molecule has 2 nitrogen and oxygen atoms in total. The molecule has 16 heavy (non-hydrogen) atoms. The van der Waals surface area contributed by atoms with Crippen molar-refractivity contribution < 1.29 is 9.84 Å². The van der Waals surface area contributed by atoms with Gasteiger partial charge in [-0.3, -0.25) is 0 Å². The van der Waals surface area contributed by atoms with E-state index in [9.17, 15) is 5.11 Å². The minimum Gasteiger partial charge on any atom is -0.396 e. The van der Waals surface area contributed by atoms with E-state index in [1.54, 1.807) is 12.1 Å². The highest BCUT2D eigenvalue weighted by molar-refractivity contribution is 6.36. The van der Waals surface area contributed by atoms with E-state index in [2.05, 4.69) is 0 Å². The first-order valence-corrected chi connectivity index (χ1v) is 6.16. The van der Waals surface area contributed by atoms with Gasteiger partial charge in [0.25, 0.3) is 0 Å². The van der Waals surface area contributed by atoms with Crippen molar-refractivity contribution in [3.8, 4) is 0 Å². The van der Waals surface area contributed by atoms with Crippen LogP contribution in [0.25, 0.3) is 0 Å². The van der Waals surface area contributed by atoms with Crippen molar-refractivity contribution in [3.63, 3.8) is 0 Å². The number of ether oxygens (including phenoxy) is 1. The molecule has 0 spiro atoms. The zero-order chi connectivity index (χ0) is 11.5. The first-order chi connectivity index (χ1) is 7.74. The molecule has 88 valence electrons. The molecule has 1 heterocycles. The van der Waals surface area contributed by atoms with Gasteiger partial charge in [0.1, 0.15) is 0 Å². The van der Waals surface area contributed by atoms with Crippen LogP contribution in [0.15, 0.2) is 18.2 Å². The number of aliphatic hydroxyl groups is 1. The van der Waals surface area contributed by atoms with Crippen molar-refractivity contribution in [1.82, 2.24) is 0 Å². The monoisotopic (exact) mass is 260 g/mol. The van der Waals surface area contributed by atoms with Crippen molar-refractivity contribution in [3.05, 3.63) is 33.8 Å². The first-order valence-electron chi connectivity index (χ1n) is 5.40. The summed E-state index contributed by atoms with van der Waals surface area (Å²) in [5, 5.41) is 10.6. The Morgan fingerprint density at radius 2 is 2.00 bits per heavy atom. The van der Waals surface area contributed by atoms with Crippen LogP contribution in [-0.4, -0.2) is 18.3 Å². The average molecular weight is 261 g/mol. The Balaban J connectivity index is 2.34. The van der Waals surface area contributed by atoms with Gasteiger partial charge in [0.15, 0.2) is 0 Å². The normalized spacial score (nSPS) is 25.7. The van der Waals surface area contributed by atoms with Crippen LogP contribution in [0.1, 0.15) is 24.5 Å². The predicted octanol–water partition coefficient (Wildman–Crippen LogP) is 3.45. The predicted molar refractivity (Wildman–Crippen MR) is 65.0 cm³/mol. The van der Waals surface area contributed by atoms with Crippen LogP contribution < -0.4 is 0 Å². The Kier molecular flexibility index (Phi) is 4.09. The standard InChI is InChI=1S/C12H14Cl2O2/c13-9-4-1-5-10(14)11(9)12-8(7-15)3-2-6-16-12/h1,4-5,8,12,15H,2-3,6-7H2. The summed E-state index contributed by atoms with van der Waals surface area (Å²) in [6.07, 6.45) is 1.74. The van der Waals surface area contributed by atoms with E-state index in [0.717, 1.165) is 18.4 Å². The van der Waals surface area contributed by atoms with Crippen LogP contribution in [0.2, 0.25) is 10.0 Å². The van der Waals surface area contributed by atoms with Crippen LogP contribution in [0.5, 0.6) is 0 Å². The SMILES string of the molecule is OCC1CCCOC1c1c(Cl)cccc1Cl. The highest BCUT2D eigenvalue weighted by Crippen LogP contribution is 2.40. The van der Waals surface area contributed by atoms with Gasteiger partial charge in [0.2, 0.25) is 0 Å². The molecular weight excluding hydrogens is 247 g/mol. The summed E-state index contributed by atoms with van der Waals surface area (Å²) in [4.78, 5) is 0. The average Bonchev–Trinajstić information content (AvgIpc) is 2.29. The van der Waals surface area contributed by atoms with E-state index in [-0.39, 0.29) is 18.6 Å². The highest BCUT2D eigenvalue weighted by atomic mass is 35.5. The smallest absolute Gasteiger partial charge is 0.0903 e. The second-order valence-corrected chi connectivity index (χ2v) is 4.83. The van der Waals surface area contributed by atoms with Crippen molar-refractivity contribution in [2.24, 2.45) is 5.92 Å². The fourth-order valence-corrected chi connectivity index (χ4v) is 2.74. The molecule has 0 aromatic heterocycles. The summed E-state index contributed by atoms with van der Waals surface area (Å²) in [6, 6.07) is 5.41. The zero-order valence-corrected chi connectivity index (χ0v) is 10.3. The molecule has 1 aliphatic heterocycles. The van der Waals surface area contributed by atoms with E-state index >= 15 is 0 Å². The number of halogens is 2.